The average molecular weight is 349 g/mol. The van der Waals surface area contributed by atoms with Crippen LogP contribution in [0.2, 0.25) is 0 Å². The van der Waals surface area contributed by atoms with Crippen molar-refractivity contribution in [2.24, 2.45) is 11.3 Å². The molecule has 142 valence electrons. The smallest absolute Gasteiger partial charge is 0.222 e. The minimum atomic E-state index is 0.413. The summed E-state index contributed by atoms with van der Waals surface area (Å²) in [6, 6.07) is 0. The van der Waals surface area contributed by atoms with Crippen LogP contribution in [0.25, 0.3) is 0 Å². The minimum Gasteiger partial charge on any atom is -0.377 e. The topological polar surface area (TPSA) is 32.8 Å². The van der Waals surface area contributed by atoms with Crippen LogP contribution in [-0.2, 0) is 9.53 Å². The average Bonchev–Trinajstić information content (AvgIpc) is 3.31. The van der Waals surface area contributed by atoms with Crippen LogP contribution in [0.15, 0.2) is 0 Å². The Hall–Kier alpha value is -0.610. The van der Waals surface area contributed by atoms with Crippen molar-refractivity contribution in [2.45, 2.75) is 76.7 Å². The van der Waals surface area contributed by atoms with Crippen molar-refractivity contribution >= 4 is 5.91 Å². The lowest BCUT2D eigenvalue weighted by Crippen LogP contribution is -2.52. The number of rotatable bonds is 4. The highest BCUT2D eigenvalue weighted by molar-refractivity contribution is 5.76. The van der Waals surface area contributed by atoms with E-state index in [1.165, 1.54) is 77.3 Å². The molecule has 0 radical (unpaired) electrons. The summed E-state index contributed by atoms with van der Waals surface area (Å²) < 4.78 is 5.81. The van der Waals surface area contributed by atoms with Crippen LogP contribution in [0.4, 0.5) is 0 Å². The molecular weight excluding hydrogens is 312 g/mol. The standard InChI is InChI=1S/C21H36N2O2/c24-20(15-18-5-1-2-6-18)23-11-4-8-21(17-23)9-12-22(13-10-21)16-19-7-3-14-25-19/h18-19H,1-17H2/t19-/m0/s1. The van der Waals surface area contributed by atoms with Gasteiger partial charge in [-0.1, -0.05) is 12.8 Å². The first kappa shape index (κ1) is 17.8. The summed E-state index contributed by atoms with van der Waals surface area (Å²) in [5, 5.41) is 0. The molecule has 25 heavy (non-hydrogen) atoms. The van der Waals surface area contributed by atoms with E-state index in [1.807, 2.05) is 0 Å². The number of carbonyl (C=O) groups excluding carboxylic acids is 1. The molecule has 0 aromatic carbocycles. The number of carbonyl (C=O) groups is 1. The molecule has 1 saturated carbocycles. The second-order valence-electron chi connectivity index (χ2n) is 9.21. The molecule has 1 aliphatic carbocycles. The van der Waals surface area contributed by atoms with Crippen LogP contribution >= 0.6 is 0 Å². The van der Waals surface area contributed by atoms with E-state index in [2.05, 4.69) is 9.80 Å². The molecule has 1 atom stereocenters. The van der Waals surface area contributed by atoms with E-state index >= 15 is 0 Å². The first-order valence-corrected chi connectivity index (χ1v) is 10.8. The summed E-state index contributed by atoms with van der Waals surface area (Å²) >= 11 is 0. The number of hydrogen-bond acceptors (Lipinski definition) is 3. The highest BCUT2D eigenvalue weighted by atomic mass is 16.5. The van der Waals surface area contributed by atoms with Crippen LogP contribution in [0.1, 0.15) is 70.6 Å². The van der Waals surface area contributed by atoms with Gasteiger partial charge in [0.15, 0.2) is 0 Å². The van der Waals surface area contributed by atoms with Gasteiger partial charge >= 0.3 is 0 Å². The zero-order valence-corrected chi connectivity index (χ0v) is 15.9. The third-order valence-corrected chi connectivity index (χ3v) is 7.35. The van der Waals surface area contributed by atoms with Gasteiger partial charge in [-0.25, -0.2) is 0 Å². The fourth-order valence-electron chi connectivity index (χ4n) is 5.71. The first-order valence-electron chi connectivity index (χ1n) is 10.8. The lowest BCUT2D eigenvalue weighted by molar-refractivity contribution is -0.136. The Balaban J connectivity index is 1.26. The summed E-state index contributed by atoms with van der Waals surface area (Å²) in [4.78, 5) is 17.6. The summed E-state index contributed by atoms with van der Waals surface area (Å²) in [5.41, 5.74) is 0.413. The fraction of sp³-hybridized carbons (Fsp3) is 0.952. The summed E-state index contributed by atoms with van der Waals surface area (Å²) in [5.74, 6) is 1.13. The highest BCUT2D eigenvalue weighted by Gasteiger charge is 2.40. The van der Waals surface area contributed by atoms with Crippen molar-refractivity contribution in [1.29, 1.82) is 0 Å². The molecule has 3 saturated heterocycles. The monoisotopic (exact) mass is 348 g/mol. The maximum Gasteiger partial charge on any atom is 0.222 e. The normalized spacial score (nSPS) is 31.0. The predicted octanol–water partition coefficient (Wildman–Crippen LogP) is 3.45. The van der Waals surface area contributed by atoms with Gasteiger partial charge in [0.25, 0.3) is 0 Å². The van der Waals surface area contributed by atoms with E-state index in [1.54, 1.807) is 0 Å². The van der Waals surface area contributed by atoms with Crippen LogP contribution < -0.4 is 0 Å². The van der Waals surface area contributed by atoms with Gasteiger partial charge in [0.2, 0.25) is 5.91 Å². The molecule has 4 fully saturated rings. The SMILES string of the molecule is O=C(CC1CCCC1)N1CCCC2(CCN(C[C@@H]3CCCO3)CC2)C1. The Morgan fingerprint density at radius 2 is 1.76 bits per heavy atom. The van der Waals surface area contributed by atoms with Gasteiger partial charge in [-0.05, 0) is 75.8 Å². The molecule has 3 heterocycles. The minimum absolute atomic E-state index is 0.413. The van der Waals surface area contributed by atoms with Gasteiger partial charge in [0.05, 0.1) is 6.10 Å². The number of piperidine rings is 2. The van der Waals surface area contributed by atoms with E-state index < -0.39 is 0 Å². The number of likely N-dealkylation sites (tertiary alicyclic amines) is 2. The van der Waals surface area contributed by atoms with Crippen molar-refractivity contribution in [1.82, 2.24) is 9.80 Å². The Morgan fingerprint density at radius 3 is 2.48 bits per heavy atom. The zero-order chi connectivity index (χ0) is 17.1. The van der Waals surface area contributed by atoms with Gasteiger partial charge in [-0.3, -0.25) is 4.79 Å². The molecule has 4 rings (SSSR count). The molecule has 0 aromatic heterocycles. The van der Waals surface area contributed by atoms with Crippen molar-refractivity contribution < 1.29 is 9.53 Å². The third-order valence-electron chi connectivity index (χ3n) is 7.35. The highest BCUT2D eigenvalue weighted by Crippen LogP contribution is 2.40. The van der Waals surface area contributed by atoms with Crippen LogP contribution in [0, 0.1) is 11.3 Å². The largest absolute Gasteiger partial charge is 0.377 e. The van der Waals surface area contributed by atoms with Crippen LogP contribution in [-0.4, -0.2) is 61.1 Å². The zero-order valence-electron chi connectivity index (χ0n) is 15.9. The molecule has 4 aliphatic rings. The Morgan fingerprint density at radius 1 is 0.960 bits per heavy atom. The van der Waals surface area contributed by atoms with Gasteiger partial charge in [-0.15, -0.1) is 0 Å². The second-order valence-corrected chi connectivity index (χ2v) is 9.21. The molecule has 1 amide bonds. The summed E-state index contributed by atoms with van der Waals surface area (Å²) in [6.07, 6.45) is 14.1. The molecule has 4 nitrogen and oxygen atoms in total. The Bertz CT molecular complexity index is 447. The van der Waals surface area contributed by atoms with Crippen molar-refractivity contribution in [3.8, 4) is 0 Å². The summed E-state index contributed by atoms with van der Waals surface area (Å²) in [7, 11) is 0. The van der Waals surface area contributed by atoms with Crippen molar-refractivity contribution in [2.75, 3.05) is 39.3 Å². The van der Waals surface area contributed by atoms with Gasteiger partial charge < -0.3 is 14.5 Å². The first-order chi connectivity index (χ1) is 12.2. The molecule has 0 bridgehead atoms. The number of hydrogen-bond donors (Lipinski definition) is 0. The van der Waals surface area contributed by atoms with E-state index in [4.69, 9.17) is 4.74 Å². The van der Waals surface area contributed by atoms with E-state index in [9.17, 15) is 4.79 Å². The molecule has 3 aliphatic heterocycles. The van der Waals surface area contributed by atoms with Crippen molar-refractivity contribution in [3.05, 3.63) is 0 Å². The molecule has 0 aromatic rings. The van der Waals surface area contributed by atoms with Crippen LogP contribution in [0.5, 0.6) is 0 Å². The predicted molar refractivity (Wildman–Crippen MR) is 99.5 cm³/mol. The van der Waals surface area contributed by atoms with Gasteiger partial charge in [0, 0.05) is 32.7 Å². The Kier molecular flexibility index (Phi) is 5.66. The lowest BCUT2D eigenvalue weighted by atomic mass is 9.72. The Labute approximate surface area is 153 Å². The van der Waals surface area contributed by atoms with Crippen molar-refractivity contribution in [3.63, 3.8) is 0 Å². The van der Waals surface area contributed by atoms with E-state index in [-0.39, 0.29) is 0 Å². The lowest BCUT2D eigenvalue weighted by Gasteiger charge is -2.48. The second kappa shape index (κ2) is 7.96. The molecule has 4 heteroatoms. The third kappa shape index (κ3) is 4.39. The van der Waals surface area contributed by atoms with E-state index in [0.29, 0.717) is 23.3 Å². The van der Waals surface area contributed by atoms with E-state index in [0.717, 1.165) is 32.7 Å². The molecule has 1 spiro atoms. The molecule has 0 N–H and O–H groups in total. The summed E-state index contributed by atoms with van der Waals surface area (Å²) in [6.45, 7) is 6.52. The fourth-order valence-corrected chi connectivity index (χ4v) is 5.71. The number of ether oxygens (including phenoxy) is 1. The van der Waals surface area contributed by atoms with Crippen LogP contribution in [0.3, 0.4) is 0 Å². The maximum atomic E-state index is 12.8. The van der Waals surface area contributed by atoms with Gasteiger partial charge in [-0.2, -0.15) is 0 Å². The molecule has 0 unspecified atom stereocenters. The molecular formula is C21H36N2O2. The maximum absolute atomic E-state index is 12.8. The number of amides is 1. The quantitative estimate of drug-likeness (QED) is 0.780. The number of nitrogens with zero attached hydrogens (tertiary/aromatic N) is 2. The van der Waals surface area contributed by atoms with Gasteiger partial charge in [0.1, 0.15) is 0 Å².